The van der Waals surface area contributed by atoms with Gasteiger partial charge in [0.25, 0.3) is 0 Å². The first kappa shape index (κ1) is 10.6. The second-order valence-electron chi connectivity index (χ2n) is 3.73. The van der Waals surface area contributed by atoms with Crippen LogP contribution in [0, 0.1) is 0 Å². The zero-order valence-electron chi connectivity index (χ0n) is 9.36. The second-order valence-corrected chi connectivity index (χ2v) is 3.73. The van der Waals surface area contributed by atoms with Gasteiger partial charge in [-0.2, -0.15) is 0 Å². The largest absolute Gasteiger partial charge is 0.489 e. The van der Waals surface area contributed by atoms with Gasteiger partial charge in [-0.05, 0) is 30.2 Å². The summed E-state index contributed by atoms with van der Waals surface area (Å²) in [6.45, 7) is 6.28. The van der Waals surface area contributed by atoms with Crippen molar-refractivity contribution in [2.45, 2.75) is 13.5 Å². The summed E-state index contributed by atoms with van der Waals surface area (Å²) in [5, 5.41) is 0. The van der Waals surface area contributed by atoms with Gasteiger partial charge < -0.3 is 10.5 Å². The maximum Gasteiger partial charge on any atom is 0.123 e. The van der Waals surface area contributed by atoms with Crippen molar-refractivity contribution >= 4 is 5.57 Å². The van der Waals surface area contributed by atoms with E-state index in [9.17, 15) is 0 Å². The number of hydrogen-bond acceptors (Lipinski definition) is 2. The molecule has 2 nitrogen and oxygen atoms in total. The minimum absolute atomic E-state index is 0.537. The molecule has 0 unspecified atom stereocenters. The number of allylic oxidation sites excluding steroid dienone is 3. The molecule has 2 rings (SSSR count). The molecular weight excluding hydrogens is 198 g/mol. The van der Waals surface area contributed by atoms with Gasteiger partial charge in [0.15, 0.2) is 0 Å². The molecule has 82 valence electrons. The van der Waals surface area contributed by atoms with Crippen LogP contribution in [-0.4, -0.2) is 0 Å². The van der Waals surface area contributed by atoms with Gasteiger partial charge >= 0.3 is 0 Å². The fourth-order valence-electron chi connectivity index (χ4n) is 1.85. The van der Waals surface area contributed by atoms with Crippen molar-refractivity contribution in [3.8, 4) is 0 Å². The molecule has 2 heteroatoms. The zero-order chi connectivity index (χ0) is 11.5. The lowest BCUT2D eigenvalue weighted by Gasteiger charge is -2.23. The first-order chi connectivity index (χ1) is 7.72. The molecule has 1 aliphatic heterocycles. The molecule has 0 aromatic heterocycles. The highest BCUT2D eigenvalue weighted by atomic mass is 16.5. The maximum absolute atomic E-state index is 5.66. The van der Waals surface area contributed by atoms with E-state index in [1.54, 1.807) is 0 Å². The molecule has 0 fully saturated rings. The number of benzene rings is 1. The summed E-state index contributed by atoms with van der Waals surface area (Å²) >= 11 is 0. The monoisotopic (exact) mass is 213 g/mol. The number of nitrogens with two attached hydrogens (primary N) is 1. The van der Waals surface area contributed by atoms with E-state index in [-0.39, 0.29) is 0 Å². The van der Waals surface area contributed by atoms with Crippen LogP contribution in [0.15, 0.2) is 54.5 Å². The predicted octanol–water partition coefficient (Wildman–Crippen LogP) is 2.98. The Morgan fingerprint density at radius 2 is 2.19 bits per heavy atom. The van der Waals surface area contributed by atoms with Crippen molar-refractivity contribution in [2.24, 2.45) is 5.73 Å². The minimum Gasteiger partial charge on any atom is -0.489 e. The number of ether oxygens (including phenoxy) is 1. The van der Waals surface area contributed by atoms with Crippen LogP contribution in [-0.2, 0) is 11.3 Å². The molecule has 0 atom stereocenters. The van der Waals surface area contributed by atoms with Crippen molar-refractivity contribution in [3.05, 3.63) is 65.6 Å². The molecule has 0 aliphatic carbocycles. The molecule has 0 spiro atoms. The Labute approximate surface area is 95.7 Å². The summed E-state index contributed by atoms with van der Waals surface area (Å²) < 4.78 is 5.66. The quantitative estimate of drug-likeness (QED) is 0.778. The highest BCUT2D eigenvalue weighted by molar-refractivity contribution is 5.81. The van der Waals surface area contributed by atoms with Gasteiger partial charge in [-0.1, -0.05) is 30.8 Å². The lowest BCUT2D eigenvalue weighted by Crippen LogP contribution is -2.08. The van der Waals surface area contributed by atoms with Gasteiger partial charge in [0.2, 0.25) is 0 Å². The molecule has 0 radical (unpaired) electrons. The molecule has 1 aromatic rings. The van der Waals surface area contributed by atoms with E-state index in [0.29, 0.717) is 12.3 Å². The van der Waals surface area contributed by atoms with Crippen LogP contribution in [0.25, 0.3) is 5.57 Å². The number of fused-ring (bicyclic) bond motifs is 1. The Bertz CT molecular complexity index is 483. The van der Waals surface area contributed by atoms with Crippen molar-refractivity contribution < 1.29 is 4.74 Å². The number of rotatable bonds is 1. The van der Waals surface area contributed by atoms with Gasteiger partial charge in [0.1, 0.15) is 12.4 Å². The van der Waals surface area contributed by atoms with Crippen LogP contribution >= 0.6 is 0 Å². The molecule has 16 heavy (non-hydrogen) atoms. The molecule has 0 amide bonds. The maximum atomic E-state index is 5.66. The lowest BCUT2D eigenvalue weighted by molar-refractivity contribution is 0.207. The van der Waals surface area contributed by atoms with Crippen LogP contribution in [0.4, 0.5) is 0 Å². The Kier molecular flexibility index (Phi) is 2.82. The third-order valence-electron chi connectivity index (χ3n) is 2.55. The van der Waals surface area contributed by atoms with Crippen molar-refractivity contribution in [3.63, 3.8) is 0 Å². The van der Waals surface area contributed by atoms with E-state index >= 15 is 0 Å². The molecule has 0 saturated heterocycles. The van der Waals surface area contributed by atoms with Gasteiger partial charge in [-0.15, -0.1) is 0 Å². The number of hydrogen-bond donors (Lipinski definition) is 1. The van der Waals surface area contributed by atoms with Crippen LogP contribution in [0.5, 0.6) is 0 Å². The molecule has 0 bridgehead atoms. The van der Waals surface area contributed by atoms with Gasteiger partial charge in [-0.3, -0.25) is 0 Å². The Balaban J connectivity index is 2.58. The summed E-state index contributed by atoms with van der Waals surface area (Å²) in [6, 6.07) is 8.17. The first-order valence-electron chi connectivity index (χ1n) is 5.26. The molecule has 0 saturated carbocycles. The summed E-state index contributed by atoms with van der Waals surface area (Å²) in [6.07, 6.45) is 3.80. The summed E-state index contributed by atoms with van der Waals surface area (Å²) in [7, 11) is 0. The first-order valence-corrected chi connectivity index (χ1v) is 5.26. The standard InChI is InChI=1S/C14H15NO/c1-3-14-13(8-10(2)15)12-7-5-4-6-11(12)9-16-14/h3-8H,2,9,15H2,1H3/b13-8-,14-3+. The average Bonchev–Trinajstić information content (AvgIpc) is 2.29. The molecule has 1 heterocycles. The van der Waals surface area contributed by atoms with E-state index < -0.39 is 0 Å². The van der Waals surface area contributed by atoms with Gasteiger partial charge in [-0.25, -0.2) is 0 Å². The summed E-state index contributed by atoms with van der Waals surface area (Å²) in [5.41, 5.74) is 9.55. The smallest absolute Gasteiger partial charge is 0.123 e. The van der Waals surface area contributed by atoms with Crippen molar-refractivity contribution in [1.82, 2.24) is 0 Å². The third kappa shape index (κ3) is 1.87. The van der Waals surface area contributed by atoms with E-state index in [1.807, 2.05) is 31.2 Å². The summed E-state index contributed by atoms with van der Waals surface area (Å²) in [4.78, 5) is 0. The summed E-state index contributed by atoms with van der Waals surface area (Å²) in [5.74, 6) is 0.866. The fraction of sp³-hybridized carbons (Fsp3) is 0.143. The lowest BCUT2D eigenvalue weighted by atomic mass is 9.95. The SMILES string of the molecule is C=C(N)/C=C1\C(=C/C)OCc2ccccc21. The topological polar surface area (TPSA) is 35.2 Å². The van der Waals surface area contributed by atoms with Crippen molar-refractivity contribution in [2.75, 3.05) is 0 Å². The van der Waals surface area contributed by atoms with E-state index in [1.165, 1.54) is 11.1 Å². The van der Waals surface area contributed by atoms with E-state index in [0.717, 1.165) is 11.3 Å². The average molecular weight is 213 g/mol. The third-order valence-corrected chi connectivity index (χ3v) is 2.55. The second kappa shape index (κ2) is 4.27. The van der Waals surface area contributed by atoms with Crippen LogP contribution in [0.3, 0.4) is 0 Å². The van der Waals surface area contributed by atoms with Crippen molar-refractivity contribution in [1.29, 1.82) is 0 Å². The van der Waals surface area contributed by atoms with E-state index in [2.05, 4.69) is 18.7 Å². The fourth-order valence-corrected chi connectivity index (χ4v) is 1.85. The Hall–Kier alpha value is -1.96. The highest BCUT2D eigenvalue weighted by Crippen LogP contribution is 2.33. The predicted molar refractivity (Wildman–Crippen MR) is 66.3 cm³/mol. The highest BCUT2D eigenvalue weighted by Gasteiger charge is 2.18. The van der Waals surface area contributed by atoms with Crippen LogP contribution < -0.4 is 5.73 Å². The van der Waals surface area contributed by atoms with Crippen LogP contribution in [0.1, 0.15) is 18.1 Å². The van der Waals surface area contributed by atoms with E-state index in [4.69, 9.17) is 10.5 Å². The Morgan fingerprint density at radius 1 is 1.44 bits per heavy atom. The minimum atomic E-state index is 0.537. The normalized spacial score (nSPS) is 19.3. The molecule has 1 aliphatic rings. The Morgan fingerprint density at radius 3 is 2.88 bits per heavy atom. The molecular formula is C14H15NO. The van der Waals surface area contributed by atoms with Gasteiger partial charge in [0, 0.05) is 11.3 Å². The van der Waals surface area contributed by atoms with Gasteiger partial charge in [0.05, 0.1) is 0 Å². The molecule has 1 aromatic carbocycles. The zero-order valence-corrected chi connectivity index (χ0v) is 9.36. The van der Waals surface area contributed by atoms with Crippen LogP contribution in [0.2, 0.25) is 0 Å². The molecule has 2 N–H and O–H groups in total.